The molecule has 0 saturated carbocycles. The van der Waals surface area contributed by atoms with E-state index in [2.05, 4.69) is 16.0 Å². The number of halogens is 6. The van der Waals surface area contributed by atoms with E-state index in [9.17, 15) is 59.7 Å². The Balaban J connectivity index is 3.35. The maximum atomic E-state index is 15.6. The molecule has 0 saturated heterocycles. The van der Waals surface area contributed by atoms with Crippen molar-refractivity contribution in [3.8, 4) is 0 Å². The number of quaternary nitrogens is 1. The van der Waals surface area contributed by atoms with Gasteiger partial charge in [0.15, 0.2) is 5.69 Å². The van der Waals surface area contributed by atoms with Gasteiger partial charge in [0, 0.05) is 39.9 Å². The average Bonchev–Trinajstić information content (AvgIpc) is 3.17. The van der Waals surface area contributed by atoms with Crippen LogP contribution in [0.5, 0.6) is 0 Å². The second-order valence-electron chi connectivity index (χ2n) is 12.1. The van der Waals surface area contributed by atoms with Gasteiger partial charge >= 0.3 is 11.8 Å². The van der Waals surface area contributed by atoms with Crippen LogP contribution in [0, 0.1) is 21.4 Å². The van der Waals surface area contributed by atoms with Crippen molar-refractivity contribution >= 4 is 182 Å². The fourth-order valence-corrected chi connectivity index (χ4v) is 14.9. The van der Waals surface area contributed by atoms with Gasteiger partial charge in [-0.05, 0) is 143 Å². The molecule has 58 heavy (non-hydrogen) atoms. The number of aliphatic hydroxyl groups is 7. The largest absolute Gasteiger partial charge is 0.395 e. The van der Waals surface area contributed by atoms with Crippen LogP contribution in [-0.4, -0.2) is 180 Å². The van der Waals surface area contributed by atoms with E-state index in [0.29, 0.717) is 0 Å². The van der Waals surface area contributed by atoms with Gasteiger partial charge in [-0.2, -0.15) is 4.48 Å². The Kier molecular flexibility index (Phi) is 23.3. The zero-order chi connectivity index (χ0) is 44.2. The third-order valence-corrected chi connectivity index (χ3v) is 14.7. The van der Waals surface area contributed by atoms with E-state index in [4.69, 9.17) is 0 Å². The lowest BCUT2D eigenvalue weighted by Crippen LogP contribution is -2.59. The molecule has 2 atom stereocenters. The van der Waals surface area contributed by atoms with Gasteiger partial charge in [0.05, 0.1) is 82.8 Å². The van der Waals surface area contributed by atoms with Gasteiger partial charge in [-0.3, -0.25) is 19.2 Å². The summed E-state index contributed by atoms with van der Waals surface area (Å²) in [4.78, 5) is 87.7. The molecular formula is C33H41I6N6O13+. The maximum absolute atomic E-state index is 15.6. The summed E-state index contributed by atoms with van der Waals surface area (Å²) in [5.41, 5.74) is -0.964. The van der Waals surface area contributed by atoms with Gasteiger partial charge in [-0.15, -0.1) is 0 Å². The Hall–Kier alpha value is -0.320. The summed E-state index contributed by atoms with van der Waals surface area (Å²) >= 11 is 10.6. The number of rotatable bonds is 20. The molecule has 19 nitrogen and oxygen atoms in total. The zero-order valence-corrected chi connectivity index (χ0v) is 43.7. The summed E-state index contributed by atoms with van der Waals surface area (Å²) in [6.45, 7) is -5.42. The molecule has 2 aromatic rings. The van der Waals surface area contributed by atoms with E-state index in [1.54, 1.807) is 136 Å². The van der Waals surface area contributed by atoms with E-state index in [0.717, 1.165) is 9.80 Å². The zero-order valence-electron chi connectivity index (χ0n) is 30.8. The highest BCUT2D eigenvalue weighted by Crippen LogP contribution is 2.44. The van der Waals surface area contributed by atoms with Crippen molar-refractivity contribution in [2.75, 3.05) is 98.3 Å². The first-order chi connectivity index (χ1) is 27.3. The number of aliphatic hydroxyl groups excluding tert-OH is 7. The maximum Gasteiger partial charge on any atom is 0.360 e. The number of benzene rings is 2. The lowest BCUT2D eigenvalue weighted by Gasteiger charge is -2.34. The summed E-state index contributed by atoms with van der Waals surface area (Å²) in [6.07, 6.45) is -1.34. The standard InChI is InChI=1S/C33H40I6N6O13/c1-40-12-17(54)45(2,33(58)21-22(34)18(30(55)41-11-15(52)13-50)24(36)28(25(21)37)42-16(53)14-51)29-26(38)19(31(56)43(3-7-46)4-8-47)23(35)20(27(29)39)32(57)44(5-9-48)6-10-49/h15,40,46-52H,3-14H2,1-2H3,(H-,41,42,53,55)/p+1. The van der Waals surface area contributed by atoms with Gasteiger partial charge in [0.1, 0.15) is 18.7 Å². The molecule has 0 aliphatic rings. The minimum Gasteiger partial charge on any atom is -0.395 e. The highest BCUT2D eigenvalue weighted by molar-refractivity contribution is 14.1. The van der Waals surface area contributed by atoms with Crippen molar-refractivity contribution in [3.63, 3.8) is 0 Å². The van der Waals surface area contributed by atoms with E-state index in [1.807, 2.05) is 0 Å². The highest BCUT2D eigenvalue weighted by atomic mass is 127. The molecule has 0 aliphatic heterocycles. The smallest absolute Gasteiger partial charge is 0.360 e. The van der Waals surface area contributed by atoms with E-state index >= 15 is 4.79 Å². The quantitative estimate of drug-likeness (QED) is 0.0603. The Morgan fingerprint density at radius 2 is 1.09 bits per heavy atom. The predicted octanol–water partition coefficient (Wildman–Crippen LogP) is -0.295. The molecule has 2 rings (SSSR count). The SMILES string of the molecule is CNCC(=O)[N+](C)(C(=O)c1c(I)c(NC(=O)CO)c(I)c(C(=O)NCC(O)CO)c1I)c1c(I)c(C(=O)N(CCO)CCO)c(I)c(C(=O)N(CCO)CCO)c1I. The fraction of sp³-hybridized carbons (Fsp3) is 0.455. The van der Waals surface area contributed by atoms with Crippen LogP contribution < -0.4 is 20.4 Å². The first-order valence-electron chi connectivity index (χ1n) is 16.8. The Morgan fingerprint density at radius 3 is 1.48 bits per heavy atom. The highest BCUT2D eigenvalue weighted by Gasteiger charge is 2.51. The molecule has 2 unspecified atom stereocenters. The number of hydrogen-bond acceptors (Lipinski definition) is 14. The van der Waals surface area contributed by atoms with Crippen LogP contribution in [0.1, 0.15) is 41.4 Å². The second-order valence-corrected chi connectivity index (χ2v) is 18.5. The van der Waals surface area contributed by atoms with Crippen LogP contribution in [0.15, 0.2) is 0 Å². The molecule has 0 heterocycles. The molecule has 0 radical (unpaired) electrons. The van der Waals surface area contributed by atoms with Gasteiger partial charge in [0.25, 0.3) is 17.7 Å². The third-order valence-electron chi connectivity index (χ3n) is 8.33. The molecule has 0 fully saturated rings. The number of hydrogen-bond donors (Lipinski definition) is 10. The summed E-state index contributed by atoms with van der Waals surface area (Å²) in [6, 6.07) is 0. The van der Waals surface area contributed by atoms with Crippen molar-refractivity contribution in [2.24, 2.45) is 0 Å². The summed E-state index contributed by atoms with van der Waals surface area (Å²) in [5.74, 6) is -5.07. The number of nitrogens with one attached hydrogen (secondary N) is 3. The molecule has 0 spiro atoms. The summed E-state index contributed by atoms with van der Waals surface area (Å²) in [7, 11) is 2.69. The van der Waals surface area contributed by atoms with Crippen LogP contribution in [0.4, 0.5) is 11.4 Å². The molecule has 2 aromatic carbocycles. The minimum atomic E-state index is -1.34. The van der Waals surface area contributed by atoms with Crippen molar-refractivity contribution in [2.45, 2.75) is 6.10 Å². The van der Waals surface area contributed by atoms with Crippen molar-refractivity contribution in [1.29, 1.82) is 0 Å². The molecule has 322 valence electrons. The molecule has 25 heteroatoms. The van der Waals surface area contributed by atoms with E-state index < -0.39 is 98.8 Å². The Morgan fingerprint density at radius 1 is 0.655 bits per heavy atom. The topological polar surface area (TPSA) is 287 Å². The van der Waals surface area contributed by atoms with Gasteiger partial charge in [0.2, 0.25) is 5.91 Å². The normalized spacial score (nSPS) is 12.7. The molecule has 0 aromatic heterocycles. The second kappa shape index (κ2) is 25.1. The number of carbonyl (C=O) groups excluding carboxylic acids is 6. The fourth-order valence-electron chi connectivity index (χ4n) is 5.42. The number of nitrogens with zero attached hydrogens (tertiary/aromatic N) is 3. The van der Waals surface area contributed by atoms with Gasteiger partial charge in [-0.25, -0.2) is 9.59 Å². The summed E-state index contributed by atoms with van der Waals surface area (Å²) < 4.78 is -0.994. The van der Waals surface area contributed by atoms with Crippen LogP contribution in [0.2, 0.25) is 0 Å². The average molecular weight is 1490 g/mol. The lowest BCUT2D eigenvalue weighted by atomic mass is 10.0. The summed E-state index contributed by atoms with van der Waals surface area (Å²) in [5, 5.41) is 75.8. The van der Waals surface area contributed by atoms with Crippen LogP contribution in [0.25, 0.3) is 0 Å². The predicted molar refractivity (Wildman–Crippen MR) is 261 cm³/mol. The molecule has 6 amide bonds. The Labute approximate surface area is 414 Å². The number of anilines is 1. The van der Waals surface area contributed by atoms with E-state index in [-0.39, 0.29) is 81.2 Å². The minimum absolute atomic E-state index is 0.00625. The monoisotopic (exact) mass is 1490 g/mol. The first kappa shape index (κ1) is 53.8. The molecule has 0 bridgehead atoms. The molecule has 10 N–H and O–H groups in total. The van der Waals surface area contributed by atoms with Crippen LogP contribution in [-0.2, 0) is 9.59 Å². The van der Waals surface area contributed by atoms with E-state index in [1.165, 1.54) is 14.1 Å². The van der Waals surface area contributed by atoms with Crippen molar-refractivity contribution in [1.82, 2.24) is 24.9 Å². The number of imide groups is 1. The number of carbonyl (C=O) groups is 6. The molecule has 0 aliphatic carbocycles. The van der Waals surface area contributed by atoms with Crippen molar-refractivity contribution < 1.29 is 64.5 Å². The Bertz CT molecular complexity index is 1840. The van der Waals surface area contributed by atoms with Crippen LogP contribution >= 0.6 is 136 Å². The van der Waals surface area contributed by atoms with Crippen LogP contribution in [0.3, 0.4) is 0 Å². The first-order valence-corrected chi connectivity index (χ1v) is 23.3. The number of likely N-dealkylation sites (N-methyl/N-ethyl adjacent to an activating group) is 2. The van der Waals surface area contributed by atoms with Crippen molar-refractivity contribution in [3.05, 3.63) is 43.7 Å². The van der Waals surface area contributed by atoms with Gasteiger partial charge < -0.3 is 61.5 Å². The van der Waals surface area contributed by atoms with Gasteiger partial charge in [-0.1, -0.05) is 0 Å². The third kappa shape index (κ3) is 12.0. The lowest BCUT2D eigenvalue weighted by molar-refractivity contribution is -0.126. The number of amides is 6. The molecular weight excluding hydrogens is 1450 g/mol.